The van der Waals surface area contributed by atoms with Crippen molar-refractivity contribution in [3.8, 4) is 11.3 Å². The molecule has 5 heteroatoms. The van der Waals surface area contributed by atoms with Crippen LogP contribution in [-0.2, 0) is 5.33 Å². The Morgan fingerprint density at radius 2 is 2.29 bits per heavy atom. The van der Waals surface area contributed by atoms with Crippen LogP contribution in [0.2, 0.25) is 0 Å². The van der Waals surface area contributed by atoms with E-state index < -0.39 is 0 Å². The molecule has 1 aromatic carbocycles. The Balaban J connectivity index is 2.55. The van der Waals surface area contributed by atoms with Gasteiger partial charge in [0.25, 0.3) is 0 Å². The molecule has 2 rings (SSSR count). The lowest BCUT2D eigenvalue weighted by atomic mass is 10.1. The molecule has 0 fully saturated rings. The number of halogens is 2. The average Bonchev–Trinajstić information content (AvgIpc) is 2.70. The Morgan fingerprint density at radius 1 is 1.43 bits per heavy atom. The smallest absolute Gasteiger partial charge is 0.123 e. The van der Waals surface area contributed by atoms with Crippen molar-refractivity contribution in [3.63, 3.8) is 0 Å². The summed E-state index contributed by atoms with van der Waals surface area (Å²) in [6.07, 6.45) is 0. The molecule has 0 N–H and O–H groups in total. The molecule has 0 unspecified atom stereocenters. The summed E-state index contributed by atoms with van der Waals surface area (Å²) in [4.78, 5) is 0. The van der Waals surface area contributed by atoms with Gasteiger partial charge in [-0.1, -0.05) is 26.5 Å². The summed E-state index contributed by atoms with van der Waals surface area (Å²) in [6.45, 7) is 0. The minimum absolute atomic E-state index is 0.252. The Labute approximate surface area is 93.1 Å². The zero-order chi connectivity index (χ0) is 9.97. The quantitative estimate of drug-likeness (QED) is 0.785. The average molecular weight is 273 g/mol. The van der Waals surface area contributed by atoms with E-state index >= 15 is 0 Å². The van der Waals surface area contributed by atoms with Gasteiger partial charge in [0.15, 0.2) is 0 Å². The van der Waals surface area contributed by atoms with Gasteiger partial charge in [0.2, 0.25) is 0 Å². The Bertz CT molecular complexity index is 430. The molecule has 0 amide bonds. The van der Waals surface area contributed by atoms with Gasteiger partial charge in [0.1, 0.15) is 11.5 Å². The number of hydrogen-bond donors (Lipinski definition) is 0. The lowest BCUT2D eigenvalue weighted by Gasteiger charge is -2.03. The second kappa shape index (κ2) is 4.14. The molecule has 1 heterocycles. The van der Waals surface area contributed by atoms with Crippen molar-refractivity contribution in [2.24, 2.45) is 0 Å². The van der Waals surface area contributed by atoms with Crippen molar-refractivity contribution >= 4 is 27.5 Å². The van der Waals surface area contributed by atoms with Crippen LogP contribution in [-0.4, -0.2) is 9.59 Å². The van der Waals surface area contributed by atoms with Gasteiger partial charge in [-0.05, 0) is 29.2 Å². The summed E-state index contributed by atoms with van der Waals surface area (Å²) in [5.41, 5.74) is 2.54. The molecule has 0 spiro atoms. The van der Waals surface area contributed by atoms with E-state index in [1.807, 2.05) is 0 Å². The van der Waals surface area contributed by atoms with Crippen LogP contribution < -0.4 is 0 Å². The third-order valence-corrected chi connectivity index (χ3v) is 2.96. The molecule has 0 aliphatic heterocycles. The van der Waals surface area contributed by atoms with E-state index in [1.54, 1.807) is 11.4 Å². The lowest BCUT2D eigenvalue weighted by Crippen LogP contribution is -1.88. The number of aromatic nitrogens is 2. The van der Waals surface area contributed by atoms with Gasteiger partial charge in [-0.15, -0.1) is 5.10 Å². The van der Waals surface area contributed by atoms with E-state index in [0.29, 0.717) is 5.33 Å². The van der Waals surface area contributed by atoms with Gasteiger partial charge >= 0.3 is 0 Å². The topological polar surface area (TPSA) is 25.8 Å². The maximum absolute atomic E-state index is 13.0. The Hall–Kier alpha value is -0.810. The first-order valence-corrected chi connectivity index (χ1v) is 5.89. The maximum atomic E-state index is 13.0. The van der Waals surface area contributed by atoms with Gasteiger partial charge in [0, 0.05) is 16.3 Å². The molecule has 0 saturated heterocycles. The summed E-state index contributed by atoms with van der Waals surface area (Å²) in [6, 6.07) is 4.67. The van der Waals surface area contributed by atoms with Crippen LogP contribution in [0.5, 0.6) is 0 Å². The van der Waals surface area contributed by atoms with Crippen LogP contribution >= 0.6 is 27.5 Å². The molecule has 2 nitrogen and oxygen atoms in total. The van der Waals surface area contributed by atoms with Crippen molar-refractivity contribution < 1.29 is 4.39 Å². The maximum Gasteiger partial charge on any atom is 0.123 e. The molecule has 72 valence electrons. The predicted octanol–water partition coefficient (Wildman–Crippen LogP) is 3.24. The van der Waals surface area contributed by atoms with E-state index in [1.165, 1.54) is 23.7 Å². The predicted molar refractivity (Wildman–Crippen MR) is 57.9 cm³/mol. The monoisotopic (exact) mass is 272 g/mol. The van der Waals surface area contributed by atoms with Crippen molar-refractivity contribution in [3.05, 3.63) is 35.0 Å². The van der Waals surface area contributed by atoms with Gasteiger partial charge in [0.05, 0.1) is 0 Å². The number of rotatable bonds is 2. The summed E-state index contributed by atoms with van der Waals surface area (Å²) in [5.74, 6) is -0.252. The Kier molecular flexibility index (Phi) is 2.88. The van der Waals surface area contributed by atoms with Crippen LogP contribution in [0.25, 0.3) is 11.3 Å². The summed E-state index contributed by atoms with van der Waals surface area (Å²) in [7, 11) is 0. The molecule has 0 saturated carbocycles. The highest BCUT2D eigenvalue weighted by molar-refractivity contribution is 9.08. The zero-order valence-corrected chi connectivity index (χ0v) is 9.48. The second-order valence-corrected chi connectivity index (χ2v) is 3.90. The molecule has 1 aromatic heterocycles. The third-order valence-electron chi connectivity index (χ3n) is 1.85. The number of alkyl halides is 1. The highest BCUT2D eigenvalue weighted by Gasteiger charge is 2.07. The molecule has 2 aromatic rings. The van der Waals surface area contributed by atoms with Gasteiger partial charge in [-0.25, -0.2) is 4.39 Å². The fourth-order valence-corrected chi connectivity index (χ4v) is 2.13. The standard InChI is InChI=1S/C9H6BrFN2S/c10-4-6-1-2-7(11)3-8(6)9-5-14-13-12-9/h1-3,5H,4H2. The minimum atomic E-state index is -0.252. The van der Waals surface area contributed by atoms with Crippen LogP contribution in [0, 0.1) is 5.82 Å². The zero-order valence-electron chi connectivity index (χ0n) is 7.08. The van der Waals surface area contributed by atoms with E-state index in [4.69, 9.17) is 0 Å². The van der Waals surface area contributed by atoms with Crippen LogP contribution in [0.4, 0.5) is 4.39 Å². The second-order valence-electron chi connectivity index (χ2n) is 2.73. The summed E-state index contributed by atoms with van der Waals surface area (Å²) >= 11 is 4.61. The van der Waals surface area contributed by atoms with Gasteiger partial charge in [-0.2, -0.15) is 0 Å². The number of benzene rings is 1. The van der Waals surface area contributed by atoms with E-state index in [0.717, 1.165) is 16.8 Å². The fraction of sp³-hybridized carbons (Fsp3) is 0.111. The van der Waals surface area contributed by atoms with E-state index in [9.17, 15) is 4.39 Å². The number of nitrogens with zero attached hydrogens (tertiary/aromatic N) is 2. The van der Waals surface area contributed by atoms with Gasteiger partial charge in [-0.3, -0.25) is 0 Å². The highest BCUT2D eigenvalue weighted by atomic mass is 79.9. The molecule has 0 atom stereocenters. The van der Waals surface area contributed by atoms with E-state index in [-0.39, 0.29) is 5.82 Å². The van der Waals surface area contributed by atoms with Crippen molar-refractivity contribution in [2.75, 3.05) is 0 Å². The first-order chi connectivity index (χ1) is 6.81. The molecule has 14 heavy (non-hydrogen) atoms. The van der Waals surface area contributed by atoms with Crippen LogP contribution in [0.3, 0.4) is 0 Å². The molecule has 0 aliphatic rings. The van der Waals surface area contributed by atoms with Crippen LogP contribution in [0.15, 0.2) is 23.6 Å². The highest BCUT2D eigenvalue weighted by Crippen LogP contribution is 2.25. The largest absolute Gasteiger partial charge is 0.207 e. The van der Waals surface area contributed by atoms with Crippen molar-refractivity contribution in [2.45, 2.75) is 5.33 Å². The van der Waals surface area contributed by atoms with E-state index in [2.05, 4.69) is 25.5 Å². The van der Waals surface area contributed by atoms with Crippen LogP contribution in [0.1, 0.15) is 5.56 Å². The molecular formula is C9H6BrFN2S. The fourth-order valence-electron chi connectivity index (χ4n) is 1.19. The molecular weight excluding hydrogens is 267 g/mol. The molecule has 0 radical (unpaired) electrons. The summed E-state index contributed by atoms with van der Waals surface area (Å²) in [5, 5.41) is 6.40. The molecule has 0 aliphatic carbocycles. The third kappa shape index (κ3) is 1.83. The normalized spacial score (nSPS) is 10.4. The minimum Gasteiger partial charge on any atom is -0.207 e. The summed E-state index contributed by atoms with van der Waals surface area (Å²) < 4.78 is 16.8. The Morgan fingerprint density at radius 3 is 2.93 bits per heavy atom. The molecule has 0 bridgehead atoms. The first-order valence-electron chi connectivity index (χ1n) is 3.93. The SMILES string of the molecule is Fc1ccc(CBr)c(-c2csnn2)c1. The first kappa shape index (κ1) is 9.73. The van der Waals surface area contributed by atoms with Gasteiger partial charge < -0.3 is 0 Å². The lowest BCUT2D eigenvalue weighted by molar-refractivity contribution is 0.628. The van der Waals surface area contributed by atoms with Crippen molar-refractivity contribution in [1.82, 2.24) is 9.59 Å². The number of hydrogen-bond acceptors (Lipinski definition) is 3. The van der Waals surface area contributed by atoms with Crippen molar-refractivity contribution in [1.29, 1.82) is 0 Å².